The molecule has 1 aliphatic heterocycles. The lowest BCUT2D eigenvalue weighted by molar-refractivity contribution is -0.146. The number of halogens is 1. The predicted octanol–water partition coefficient (Wildman–Crippen LogP) is 2.05. The predicted molar refractivity (Wildman–Crippen MR) is 64.2 cm³/mol. The van der Waals surface area contributed by atoms with Crippen LogP contribution in [0.15, 0.2) is 24.3 Å². The van der Waals surface area contributed by atoms with Crippen LogP contribution in [-0.4, -0.2) is 24.7 Å². The van der Waals surface area contributed by atoms with Gasteiger partial charge in [0.15, 0.2) is 12.1 Å². The van der Waals surface area contributed by atoms with Crippen LogP contribution in [0.25, 0.3) is 0 Å². The van der Waals surface area contributed by atoms with Gasteiger partial charge in [0.05, 0.1) is 6.61 Å². The highest BCUT2D eigenvalue weighted by atomic mass is 35.5. The number of esters is 1. The third-order valence-corrected chi connectivity index (χ3v) is 2.80. The summed E-state index contributed by atoms with van der Waals surface area (Å²) in [4.78, 5) is 22.9. The molecule has 1 aromatic rings. The monoisotopic (exact) mass is 269 g/mol. The molecule has 0 spiro atoms. The van der Waals surface area contributed by atoms with Gasteiger partial charge in [0.1, 0.15) is 0 Å². The molecular formula is C12H12ClNO4. The van der Waals surface area contributed by atoms with E-state index in [-0.39, 0.29) is 6.61 Å². The molecule has 96 valence electrons. The highest BCUT2D eigenvalue weighted by Gasteiger charge is 2.41. The first-order valence-electron chi connectivity index (χ1n) is 5.51. The summed E-state index contributed by atoms with van der Waals surface area (Å²) in [7, 11) is 0. The Morgan fingerprint density at radius 1 is 1.44 bits per heavy atom. The number of carbonyl (C=O) groups excluding carboxylic acids is 2. The lowest BCUT2D eigenvalue weighted by Crippen LogP contribution is -2.37. The summed E-state index contributed by atoms with van der Waals surface area (Å²) in [6.07, 6.45) is -1.32. The number of cyclic esters (lactones) is 1. The smallest absolute Gasteiger partial charge is 0.408 e. The van der Waals surface area contributed by atoms with E-state index < -0.39 is 24.2 Å². The average Bonchev–Trinajstić information content (AvgIpc) is 2.73. The van der Waals surface area contributed by atoms with Gasteiger partial charge in [-0.3, -0.25) is 0 Å². The van der Waals surface area contributed by atoms with Crippen molar-refractivity contribution in [3.63, 3.8) is 0 Å². The first-order valence-corrected chi connectivity index (χ1v) is 5.89. The minimum absolute atomic E-state index is 0.249. The molecule has 1 amide bonds. The standard InChI is InChI=1S/C12H12ClNO4/c1-2-17-11(15)9-10(18-12(16)14-9)7-3-5-8(13)6-4-7/h3-6,9-10H,2H2,1H3,(H,14,16). The van der Waals surface area contributed by atoms with Gasteiger partial charge in [-0.2, -0.15) is 0 Å². The first kappa shape index (κ1) is 12.7. The van der Waals surface area contributed by atoms with E-state index in [0.717, 1.165) is 0 Å². The van der Waals surface area contributed by atoms with Gasteiger partial charge < -0.3 is 14.8 Å². The molecule has 6 heteroatoms. The van der Waals surface area contributed by atoms with Crippen LogP contribution in [-0.2, 0) is 14.3 Å². The first-order chi connectivity index (χ1) is 8.61. The molecule has 0 saturated carbocycles. The Morgan fingerprint density at radius 2 is 2.11 bits per heavy atom. The van der Waals surface area contributed by atoms with Crippen molar-refractivity contribution >= 4 is 23.7 Å². The number of carbonyl (C=O) groups is 2. The lowest BCUT2D eigenvalue weighted by Gasteiger charge is -2.15. The van der Waals surface area contributed by atoms with Crippen molar-refractivity contribution in [2.75, 3.05) is 6.61 Å². The third kappa shape index (κ3) is 2.56. The van der Waals surface area contributed by atoms with Crippen molar-refractivity contribution in [1.29, 1.82) is 0 Å². The second-order valence-electron chi connectivity index (χ2n) is 3.75. The molecule has 0 aliphatic carbocycles. The van der Waals surface area contributed by atoms with Crippen LogP contribution in [0.4, 0.5) is 4.79 Å². The minimum atomic E-state index is -0.821. The van der Waals surface area contributed by atoms with E-state index in [2.05, 4.69) is 5.32 Å². The van der Waals surface area contributed by atoms with Gasteiger partial charge in [-0.15, -0.1) is 0 Å². The van der Waals surface area contributed by atoms with Gasteiger partial charge in [-0.05, 0) is 24.6 Å². The Morgan fingerprint density at radius 3 is 2.72 bits per heavy atom. The minimum Gasteiger partial charge on any atom is -0.464 e. The maximum absolute atomic E-state index is 11.7. The van der Waals surface area contributed by atoms with Crippen LogP contribution in [0.1, 0.15) is 18.6 Å². The zero-order valence-corrected chi connectivity index (χ0v) is 10.4. The number of hydrogen-bond donors (Lipinski definition) is 1. The van der Waals surface area contributed by atoms with Crippen molar-refractivity contribution < 1.29 is 19.1 Å². The highest BCUT2D eigenvalue weighted by Crippen LogP contribution is 2.28. The second-order valence-corrected chi connectivity index (χ2v) is 4.19. The topological polar surface area (TPSA) is 64.6 Å². The normalized spacial score (nSPS) is 22.2. The Bertz CT molecular complexity index is 460. The summed E-state index contributed by atoms with van der Waals surface area (Å²) in [5, 5.41) is 3.01. The SMILES string of the molecule is CCOC(=O)C1NC(=O)OC1c1ccc(Cl)cc1. The number of ether oxygens (including phenoxy) is 2. The molecule has 1 N–H and O–H groups in total. The molecule has 5 nitrogen and oxygen atoms in total. The summed E-state index contributed by atoms with van der Waals surface area (Å²) in [6, 6.07) is 5.94. The van der Waals surface area contributed by atoms with Gasteiger partial charge in [0.25, 0.3) is 0 Å². The Hall–Kier alpha value is -1.75. The van der Waals surface area contributed by atoms with E-state index in [1.54, 1.807) is 31.2 Å². The Kier molecular flexibility index (Phi) is 3.72. The number of rotatable bonds is 3. The van der Waals surface area contributed by atoms with Crippen molar-refractivity contribution in [2.45, 2.75) is 19.1 Å². The van der Waals surface area contributed by atoms with Gasteiger partial charge in [0.2, 0.25) is 0 Å². The molecule has 0 radical (unpaired) electrons. The second kappa shape index (κ2) is 5.27. The summed E-state index contributed by atoms with van der Waals surface area (Å²) in [5.74, 6) is -0.511. The summed E-state index contributed by atoms with van der Waals surface area (Å²) in [5.41, 5.74) is 0.691. The maximum atomic E-state index is 11.7. The zero-order chi connectivity index (χ0) is 13.1. The van der Waals surface area contributed by atoms with Crippen LogP contribution in [0, 0.1) is 0 Å². The molecule has 1 fully saturated rings. The zero-order valence-electron chi connectivity index (χ0n) is 9.68. The van der Waals surface area contributed by atoms with E-state index in [0.29, 0.717) is 10.6 Å². The number of amides is 1. The van der Waals surface area contributed by atoms with Gasteiger partial charge in [-0.1, -0.05) is 23.7 Å². The largest absolute Gasteiger partial charge is 0.464 e. The summed E-state index contributed by atoms with van der Waals surface area (Å²) < 4.78 is 9.96. The number of hydrogen-bond acceptors (Lipinski definition) is 4. The lowest BCUT2D eigenvalue weighted by atomic mass is 10.0. The Balaban J connectivity index is 2.21. The molecule has 2 atom stereocenters. The fraction of sp³-hybridized carbons (Fsp3) is 0.333. The average molecular weight is 270 g/mol. The van der Waals surface area contributed by atoms with Crippen LogP contribution in [0.3, 0.4) is 0 Å². The molecule has 18 heavy (non-hydrogen) atoms. The van der Waals surface area contributed by atoms with Crippen LogP contribution in [0.5, 0.6) is 0 Å². The molecule has 2 rings (SSSR count). The fourth-order valence-corrected chi connectivity index (χ4v) is 1.87. The van der Waals surface area contributed by atoms with E-state index in [9.17, 15) is 9.59 Å². The van der Waals surface area contributed by atoms with E-state index in [4.69, 9.17) is 21.1 Å². The molecule has 1 heterocycles. The van der Waals surface area contributed by atoms with Crippen LogP contribution in [0.2, 0.25) is 5.02 Å². The molecule has 0 aromatic heterocycles. The van der Waals surface area contributed by atoms with Crippen molar-refractivity contribution in [3.8, 4) is 0 Å². The summed E-state index contributed by atoms with van der Waals surface area (Å²) >= 11 is 5.78. The number of alkyl carbamates (subject to hydrolysis) is 1. The Labute approximate surface area is 109 Å². The van der Waals surface area contributed by atoms with Crippen molar-refractivity contribution in [1.82, 2.24) is 5.32 Å². The quantitative estimate of drug-likeness (QED) is 0.853. The van der Waals surface area contributed by atoms with Crippen molar-refractivity contribution in [3.05, 3.63) is 34.9 Å². The molecular weight excluding hydrogens is 258 g/mol. The van der Waals surface area contributed by atoms with Crippen molar-refractivity contribution in [2.24, 2.45) is 0 Å². The van der Waals surface area contributed by atoms with Gasteiger partial charge in [0, 0.05) is 5.02 Å². The molecule has 0 bridgehead atoms. The molecule has 2 unspecified atom stereocenters. The fourth-order valence-electron chi connectivity index (χ4n) is 1.75. The molecule has 1 aromatic carbocycles. The van der Waals surface area contributed by atoms with Crippen LogP contribution >= 0.6 is 11.6 Å². The van der Waals surface area contributed by atoms with Gasteiger partial charge in [-0.25, -0.2) is 9.59 Å². The summed E-state index contributed by atoms with van der Waals surface area (Å²) in [6.45, 7) is 1.95. The maximum Gasteiger partial charge on any atom is 0.408 e. The highest BCUT2D eigenvalue weighted by molar-refractivity contribution is 6.30. The van der Waals surface area contributed by atoms with E-state index in [1.165, 1.54) is 0 Å². The number of benzene rings is 1. The molecule has 1 aliphatic rings. The van der Waals surface area contributed by atoms with E-state index in [1.807, 2.05) is 0 Å². The van der Waals surface area contributed by atoms with E-state index >= 15 is 0 Å². The van der Waals surface area contributed by atoms with Gasteiger partial charge >= 0.3 is 12.1 Å². The third-order valence-electron chi connectivity index (χ3n) is 2.55. The number of nitrogens with one attached hydrogen (secondary N) is 1. The van der Waals surface area contributed by atoms with Crippen LogP contribution < -0.4 is 5.32 Å². The molecule has 1 saturated heterocycles.